The Morgan fingerprint density at radius 1 is 0.964 bits per heavy atom. The summed E-state index contributed by atoms with van der Waals surface area (Å²) in [6.45, 7) is 3.28. The Morgan fingerprint density at radius 3 is 2.21 bits per heavy atom. The molecular formula is C20H22F2N4O2. The van der Waals surface area contributed by atoms with E-state index in [4.69, 9.17) is 10.5 Å². The van der Waals surface area contributed by atoms with Gasteiger partial charge < -0.3 is 20.3 Å². The molecule has 0 aliphatic carbocycles. The van der Waals surface area contributed by atoms with Gasteiger partial charge in [-0.2, -0.15) is 0 Å². The van der Waals surface area contributed by atoms with Crippen molar-refractivity contribution in [1.82, 2.24) is 0 Å². The number of carbonyl (C=O) groups excluding carboxylic acids is 1. The van der Waals surface area contributed by atoms with Crippen LogP contribution in [-0.4, -0.2) is 51.5 Å². The second-order valence-electron chi connectivity index (χ2n) is 6.94. The highest BCUT2D eigenvalue weighted by Crippen LogP contribution is 2.29. The van der Waals surface area contributed by atoms with Gasteiger partial charge in [-0.3, -0.25) is 4.90 Å². The molecule has 0 saturated carbocycles. The van der Waals surface area contributed by atoms with E-state index in [1.54, 1.807) is 24.3 Å². The number of benzene rings is 2. The molecular weight excluding hydrogens is 366 g/mol. The Kier molecular flexibility index (Phi) is 5.04. The van der Waals surface area contributed by atoms with Gasteiger partial charge in [0.1, 0.15) is 17.7 Å². The number of cyclic esters (lactones) is 1. The first-order valence-corrected chi connectivity index (χ1v) is 9.28. The topological polar surface area (TPSA) is 62.0 Å². The van der Waals surface area contributed by atoms with E-state index in [9.17, 15) is 13.6 Å². The molecule has 2 aliphatic rings. The summed E-state index contributed by atoms with van der Waals surface area (Å²) >= 11 is 0. The van der Waals surface area contributed by atoms with E-state index in [2.05, 4.69) is 4.90 Å². The number of amides is 1. The summed E-state index contributed by atoms with van der Waals surface area (Å²) in [5, 5.41) is 0. The van der Waals surface area contributed by atoms with Crippen LogP contribution in [-0.2, 0) is 4.74 Å². The van der Waals surface area contributed by atoms with Crippen molar-refractivity contribution < 1.29 is 18.3 Å². The lowest BCUT2D eigenvalue weighted by atomic mass is 10.2. The predicted octanol–water partition coefficient (Wildman–Crippen LogP) is 2.58. The molecule has 148 valence electrons. The zero-order valence-electron chi connectivity index (χ0n) is 15.4. The second kappa shape index (κ2) is 7.63. The molecule has 0 spiro atoms. The largest absolute Gasteiger partial charge is 0.443 e. The van der Waals surface area contributed by atoms with Gasteiger partial charge in [0.15, 0.2) is 0 Å². The number of hydrogen-bond donors (Lipinski definition) is 1. The fourth-order valence-electron chi connectivity index (χ4n) is 3.63. The zero-order valence-corrected chi connectivity index (χ0v) is 15.4. The minimum absolute atomic E-state index is 0.237. The number of piperazine rings is 1. The number of nitrogens with zero attached hydrogens (tertiary/aromatic N) is 3. The van der Waals surface area contributed by atoms with Crippen molar-refractivity contribution in [1.29, 1.82) is 0 Å². The maximum atomic E-state index is 14.8. The third-order valence-electron chi connectivity index (χ3n) is 5.19. The highest BCUT2D eigenvalue weighted by molar-refractivity contribution is 5.90. The Morgan fingerprint density at radius 2 is 1.61 bits per heavy atom. The molecule has 0 unspecified atom stereocenters. The highest BCUT2D eigenvalue weighted by atomic mass is 19.1. The van der Waals surface area contributed by atoms with Crippen LogP contribution in [0.5, 0.6) is 0 Å². The summed E-state index contributed by atoms with van der Waals surface area (Å²) in [6, 6.07) is 11.2. The second-order valence-corrected chi connectivity index (χ2v) is 6.94. The third kappa shape index (κ3) is 3.60. The number of halogens is 2. The van der Waals surface area contributed by atoms with Crippen LogP contribution < -0.4 is 20.4 Å². The summed E-state index contributed by atoms with van der Waals surface area (Å²) in [5.74, 6) is -0.638. The van der Waals surface area contributed by atoms with Gasteiger partial charge in [0, 0.05) is 38.4 Å². The monoisotopic (exact) mass is 388 g/mol. The SMILES string of the molecule is NC[C@H]1CN(c2ccc(N3CCN(c4ccc(F)cc4)CC3)c(F)c2)C(=O)O1. The van der Waals surface area contributed by atoms with Gasteiger partial charge >= 0.3 is 6.09 Å². The van der Waals surface area contributed by atoms with Crippen LogP contribution in [0.1, 0.15) is 0 Å². The Balaban J connectivity index is 1.43. The van der Waals surface area contributed by atoms with E-state index in [-0.39, 0.29) is 24.3 Å². The molecule has 2 saturated heterocycles. The number of ether oxygens (including phenoxy) is 1. The van der Waals surface area contributed by atoms with Gasteiger partial charge in [0.2, 0.25) is 0 Å². The fourth-order valence-corrected chi connectivity index (χ4v) is 3.63. The Bertz CT molecular complexity index is 854. The summed E-state index contributed by atoms with van der Waals surface area (Å²) < 4.78 is 33.0. The molecule has 4 rings (SSSR count). The molecule has 2 heterocycles. The lowest BCUT2D eigenvalue weighted by Crippen LogP contribution is -2.46. The van der Waals surface area contributed by atoms with E-state index in [0.29, 0.717) is 44.1 Å². The number of rotatable bonds is 4. The van der Waals surface area contributed by atoms with Gasteiger partial charge in [-0.25, -0.2) is 13.6 Å². The fraction of sp³-hybridized carbons (Fsp3) is 0.350. The minimum atomic E-state index is -0.504. The van der Waals surface area contributed by atoms with E-state index >= 15 is 0 Å². The highest BCUT2D eigenvalue weighted by Gasteiger charge is 2.32. The summed E-state index contributed by atoms with van der Waals surface area (Å²) in [6.07, 6.45) is -0.870. The van der Waals surface area contributed by atoms with E-state index in [1.807, 2.05) is 4.90 Å². The number of carbonyl (C=O) groups is 1. The van der Waals surface area contributed by atoms with Crippen molar-refractivity contribution in [2.45, 2.75) is 6.10 Å². The van der Waals surface area contributed by atoms with Crippen LogP contribution in [0.4, 0.5) is 30.6 Å². The molecule has 2 aliphatic heterocycles. The van der Waals surface area contributed by atoms with Crippen LogP contribution in [0.2, 0.25) is 0 Å². The van der Waals surface area contributed by atoms with Crippen molar-refractivity contribution in [3.05, 3.63) is 54.1 Å². The van der Waals surface area contributed by atoms with Gasteiger partial charge in [0.05, 0.1) is 17.9 Å². The number of nitrogens with two attached hydrogens (primary N) is 1. The molecule has 1 amide bonds. The average molecular weight is 388 g/mol. The first-order chi connectivity index (χ1) is 13.5. The Hall–Kier alpha value is -2.87. The predicted molar refractivity (Wildman–Crippen MR) is 104 cm³/mol. The number of hydrogen-bond acceptors (Lipinski definition) is 5. The van der Waals surface area contributed by atoms with Crippen molar-refractivity contribution in [3.63, 3.8) is 0 Å². The molecule has 28 heavy (non-hydrogen) atoms. The van der Waals surface area contributed by atoms with E-state index < -0.39 is 6.09 Å². The standard InChI is InChI=1S/C20H22F2N4O2/c21-14-1-3-15(4-2-14)24-7-9-25(10-8-24)19-6-5-16(11-18(19)22)26-13-17(12-23)28-20(26)27/h1-6,11,17H,7-10,12-13,23H2/t17-/m0/s1. The zero-order chi connectivity index (χ0) is 19.7. The van der Waals surface area contributed by atoms with Crippen LogP contribution >= 0.6 is 0 Å². The molecule has 0 bridgehead atoms. The quantitative estimate of drug-likeness (QED) is 0.872. The first kappa shape index (κ1) is 18.5. The van der Waals surface area contributed by atoms with Crippen LogP contribution in [0.15, 0.2) is 42.5 Å². The first-order valence-electron chi connectivity index (χ1n) is 9.28. The molecule has 6 nitrogen and oxygen atoms in total. The van der Waals surface area contributed by atoms with Gasteiger partial charge in [-0.1, -0.05) is 0 Å². The molecule has 0 radical (unpaired) electrons. The summed E-state index contributed by atoms with van der Waals surface area (Å²) in [5.41, 5.74) is 7.47. The van der Waals surface area contributed by atoms with Crippen LogP contribution in [0.25, 0.3) is 0 Å². The molecule has 2 fully saturated rings. The van der Waals surface area contributed by atoms with Crippen molar-refractivity contribution in [3.8, 4) is 0 Å². The molecule has 1 atom stereocenters. The van der Waals surface area contributed by atoms with Crippen molar-refractivity contribution >= 4 is 23.2 Å². The maximum Gasteiger partial charge on any atom is 0.414 e. The lowest BCUT2D eigenvalue weighted by molar-refractivity contribution is 0.145. The number of anilines is 3. The smallest absolute Gasteiger partial charge is 0.414 e. The molecule has 2 N–H and O–H groups in total. The normalized spacial score (nSPS) is 19.9. The summed E-state index contributed by atoms with van der Waals surface area (Å²) in [7, 11) is 0. The molecule has 0 aromatic heterocycles. The van der Waals surface area contributed by atoms with Crippen LogP contribution in [0.3, 0.4) is 0 Å². The molecule has 2 aromatic rings. The average Bonchev–Trinajstić information content (AvgIpc) is 3.09. The van der Waals surface area contributed by atoms with Crippen molar-refractivity contribution in [2.24, 2.45) is 5.73 Å². The van der Waals surface area contributed by atoms with E-state index in [0.717, 1.165) is 5.69 Å². The van der Waals surface area contributed by atoms with Gasteiger partial charge in [-0.15, -0.1) is 0 Å². The molecule has 2 aromatic carbocycles. The third-order valence-corrected chi connectivity index (χ3v) is 5.19. The lowest BCUT2D eigenvalue weighted by Gasteiger charge is -2.37. The van der Waals surface area contributed by atoms with Gasteiger partial charge in [0.25, 0.3) is 0 Å². The molecule has 8 heteroatoms. The van der Waals surface area contributed by atoms with E-state index in [1.165, 1.54) is 23.1 Å². The van der Waals surface area contributed by atoms with Crippen LogP contribution in [0, 0.1) is 11.6 Å². The minimum Gasteiger partial charge on any atom is -0.443 e. The Labute approximate surface area is 162 Å². The van der Waals surface area contributed by atoms with Gasteiger partial charge in [-0.05, 0) is 42.5 Å². The van der Waals surface area contributed by atoms with Crippen molar-refractivity contribution in [2.75, 3.05) is 54.0 Å². The maximum absolute atomic E-state index is 14.8. The summed E-state index contributed by atoms with van der Waals surface area (Å²) in [4.78, 5) is 17.4.